The van der Waals surface area contributed by atoms with Gasteiger partial charge in [-0.05, 0) is 24.7 Å². The van der Waals surface area contributed by atoms with E-state index in [-0.39, 0.29) is 0 Å². The predicted octanol–water partition coefficient (Wildman–Crippen LogP) is 4.40. The molecule has 0 spiro atoms. The van der Waals surface area contributed by atoms with Crippen LogP contribution in [0.2, 0.25) is 0 Å². The molecule has 0 aliphatic heterocycles. The maximum absolute atomic E-state index is 3.20. The predicted molar refractivity (Wildman–Crippen MR) is 60.6 cm³/mol. The van der Waals surface area contributed by atoms with Gasteiger partial charge in [0.2, 0.25) is 0 Å². The van der Waals surface area contributed by atoms with Crippen LogP contribution < -0.4 is 0 Å². The lowest BCUT2D eigenvalue weighted by Crippen LogP contribution is -2.10. The van der Waals surface area contributed by atoms with Gasteiger partial charge in [0.1, 0.15) is 0 Å². The molecule has 76 valence electrons. The van der Waals surface area contributed by atoms with Gasteiger partial charge in [0.25, 0.3) is 0 Å². The minimum absolute atomic E-state index is 0.530. The van der Waals surface area contributed by atoms with Gasteiger partial charge in [-0.1, -0.05) is 34.1 Å². The van der Waals surface area contributed by atoms with Crippen molar-refractivity contribution in [2.75, 3.05) is 0 Å². The summed E-state index contributed by atoms with van der Waals surface area (Å²) in [7, 11) is 0. The summed E-state index contributed by atoms with van der Waals surface area (Å²) >= 11 is 0. The van der Waals surface area contributed by atoms with Crippen LogP contribution in [0.15, 0.2) is 0 Å². The molecule has 0 nitrogen and oxygen atoms in total. The fraction of sp³-hybridized carbons (Fsp3) is 0.846. The van der Waals surface area contributed by atoms with Crippen molar-refractivity contribution < 1.29 is 0 Å². The lowest BCUT2D eigenvalue weighted by Gasteiger charge is -2.23. The van der Waals surface area contributed by atoms with Gasteiger partial charge in [0.15, 0.2) is 0 Å². The third kappa shape index (κ3) is 7.91. The molecule has 0 aromatic rings. The van der Waals surface area contributed by atoms with Gasteiger partial charge < -0.3 is 0 Å². The van der Waals surface area contributed by atoms with E-state index >= 15 is 0 Å². The topological polar surface area (TPSA) is 0 Å². The Balaban J connectivity index is 3.51. The average Bonchev–Trinajstić information content (AvgIpc) is 2.04. The molecule has 0 radical (unpaired) electrons. The number of rotatable bonds is 5. The van der Waals surface area contributed by atoms with E-state index in [4.69, 9.17) is 0 Å². The molecule has 0 atom stereocenters. The Hall–Kier alpha value is -0.440. The highest BCUT2D eigenvalue weighted by Gasteiger charge is 2.14. The summed E-state index contributed by atoms with van der Waals surface area (Å²) in [5.41, 5.74) is 0.530. The van der Waals surface area contributed by atoms with Gasteiger partial charge in [0.05, 0.1) is 0 Å². The standard InChI is InChI=1S/C13H24/c1-5-7-8-9-10-12-13(3,4)11-6-2/h5-6,9-12H2,1-4H3. The summed E-state index contributed by atoms with van der Waals surface area (Å²) in [6.45, 7) is 9.10. The van der Waals surface area contributed by atoms with Gasteiger partial charge >= 0.3 is 0 Å². The van der Waals surface area contributed by atoms with Crippen molar-refractivity contribution in [3.8, 4) is 11.8 Å². The van der Waals surface area contributed by atoms with E-state index < -0.39 is 0 Å². The molecular formula is C13H24. The fourth-order valence-corrected chi connectivity index (χ4v) is 1.67. The van der Waals surface area contributed by atoms with Gasteiger partial charge in [0, 0.05) is 12.8 Å². The molecule has 0 N–H and O–H groups in total. The first-order chi connectivity index (χ1) is 6.12. The molecule has 0 fully saturated rings. The Labute approximate surface area is 84.1 Å². The van der Waals surface area contributed by atoms with Crippen LogP contribution in [0, 0.1) is 17.3 Å². The van der Waals surface area contributed by atoms with Gasteiger partial charge in [-0.2, -0.15) is 0 Å². The van der Waals surface area contributed by atoms with Crippen LogP contribution in [0.3, 0.4) is 0 Å². The molecule has 0 bridgehead atoms. The summed E-state index contributed by atoms with van der Waals surface area (Å²) in [6.07, 6.45) is 7.31. The molecule has 0 aliphatic rings. The van der Waals surface area contributed by atoms with E-state index in [1.165, 1.54) is 25.7 Å². The highest BCUT2D eigenvalue weighted by molar-refractivity contribution is 4.97. The Morgan fingerprint density at radius 1 is 1.00 bits per heavy atom. The van der Waals surface area contributed by atoms with Gasteiger partial charge in [-0.3, -0.25) is 0 Å². The minimum Gasteiger partial charge on any atom is -0.104 e. The van der Waals surface area contributed by atoms with Crippen molar-refractivity contribution >= 4 is 0 Å². The first-order valence-corrected chi connectivity index (χ1v) is 5.58. The van der Waals surface area contributed by atoms with E-state index in [0.717, 1.165) is 12.8 Å². The zero-order valence-electron chi connectivity index (χ0n) is 9.74. The van der Waals surface area contributed by atoms with Crippen molar-refractivity contribution in [2.24, 2.45) is 5.41 Å². The second kappa shape index (κ2) is 7.01. The van der Waals surface area contributed by atoms with Crippen LogP contribution in [-0.4, -0.2) is 0 Å². The van der Waals surface area contributed by atoms with Crippen LogP contribution in [0.1, 0.15) is 66.2 Å². The van der Waals surface area contributed by atoms with Crippen molar-refractivity contribution in [3.63, 3.8) is 0 Å². The normalized spacial score (nSPS) is 10.8. The van der Waals surface area contributed by atoms with Gasteiger partial charge in [-0.15, -0.1) is 11.8 Å². The molecule has 0 aromatic heterocycles. The van der Waals surface area contributed by atoms with Crippen LogP contribution >= 0.6 is 0 Å². The SMILES string of the molecule is CCC#CCCCC(C)(C)CCC. The molecule has 0 aromatic carbocycles. The lowest BCUT2D eigenvalue weighted by atomic mass is 9.83. The Morgan fingerprint density at radius 2 is 1.69 bits per heavy atom. The van der Waals surface area contributed by atoms with Crippen molar-refractivity contribution in [1.29, 1.82) is 0 Å². The quantitative estimate of drug-likeness (QED) is 0.434. The molecule has 13 heavy (non-hydrogen) atoms. The summed E-state index contributed by atoms with van der Waals surface area (Å²) in [5.74, 6) is 6.32. The summed E-state index contributed by atoms with van der Waals surface area (Å²) < 4.78 is 0. The Kier molecular flexibility index (Phi) is 6.77. The zero-order valence-corrected chi connectivity index (χ0v) is 9.74. The Bertz CT molecular complexity index is 166. The third-order valence-corrected chi connectivity index (χ3v) is 2.38. The molecule has 0 aliphatic carbocycles. The van der Waals surface area contributed by atoms with Gasteiger partial charge in [-0.25, -0.2) is 0 Å². The molecule has 0 unspecified atom stereocenters. The number of unbranched alkanes of at least 4 members (excludes halogenated alkanes) is 1. The molecule has 0 heteroatoms. The highest BCUT2D eigenvalue weighted by Crippen LogP contribution is 2.28. The monoisotopic (exact) mass is 180 g/mol. The first kappa shape index (κ1) is 12.6. The fourth-order valence-electron chi connectivity index (χ4n) is 1.67. The van der Waals surface area contributed by atoms with E-state index in [0.29, 0.717) is 5.41 Å². The van der Waals surface area contributed by atoms with Crippen molar-refractivity contribution in [1.82, 2.24) is 0 Å². The average molecular weight is 180 g/mol. The molecule has 0 saturated heterocycles. The van der Waals surface area contributed by atoms with Crippen molar-refractivity contribution in [2.45, 2.75) is 66.2 Å². The molecule has 0 heterocycles. The number of hydrogen-bond acceptors (Lipinski definition) is 0. The van der Waals surface area contributed by atoms with Crippen LogP contribution in [-0.2, 0) is 0 Å². The summed E-state index contributed by atoms with van der Waals surface area (Å²) in [5, 5.41) is 0. The number of hydrogen-bond donors (Lipinski definition) is 0. The highest BCUT2D eigenvalue weighted by atomic mass is 14.2. The van der Waals surface area contributed by atoms with Crippen molar-refractivity contribution in [3.05, 3.63) is 0 Å². The molecule has 0 rings (SSSR count). The van der Waals surface area contributed by atoms with E-state index in [1.54, 1.807) is 0 Å². The van der Waals surface area contributed by atoms with E-state index in [9.17, 15) is 0 Å². The van der Waals surface area contributed by atoms with Crippen LogP contribution in [0.25, 0.3) is 0 Å². The van der Waals surface area contributed by atoms with E-state index in [2.05, 4.69) is 39.5 Å². The molecule has 0 amide bonds. The molecule has 0 saturated carbocycles. The van der Waals surface area contributed by atoms with Crippen LogP contribution in [0.4, 0.5) is 0 Å². The smallest absolute Gasteiger partial charge is 0.00888 e. The second-order valence-electron chi connectivity index (χ2n) is 4.47. The van der Waals surface area contributed by atoms with Crippen LogP contribution in [0.5, 0.6) is 0 Å². The molecular weight excluding hydrogens is 156 g/mol. The first-order valence-electron chi connectivity index (χ1n) is 5.58. The maximum atomic E-state index is 3.20. The lowest BCUT2D eigenvalue weighted by molar-refractivity contribution is 0.297. The minimum atomic E-state index is 0.530. The summed E-state index contributed by atoms with van der Waals surface area (Å²) in [6, 6.07) is 0. The summed E-state index contributed by atoms with van der Waals surface area (Å²) in [4.78, 5) is 0. The largest absolute Gasteiger partial charge is 0.104 e. The van der Waals surface area contributed by atoms with E-state index in [1.807, 2.05) is 0 Å². The zero-order chi connectivity index (χ0) is 10.2. The Morgan fingerprint density at radius 3 is 2.23 bits per heavy atom. The third-order valence-electron chi connectivity index (χ3n) is 2.38. The second-order valence-corrected chi connectivity index (χ2v) is 4.47. The maximum Gasteiger partial charge on any atom is 0.00888 e.